The van der Waals surface area contributed by atoms with Crippen molar-refractivity contribution in [1.82, 2.24) is 5.32 Å². The van der Waals surface area contributed by atoms with Crippen LogP contribution in [0.25, 0.3) is 0 Å². The van der Waals surface area contributed by atoms with Crippen LogP contribution in [0, 0.1) is 0 Å². The first-order valence-electron chi connectivity index (χ1n) is 5.52. The monoisotopic (exact) mass is 273 g/mol. The molecule has 3 nitrogen and oxygen atoms in total. The lowest BCUT2D eigenvalue weighted by atomic mass is 10.2. The van der Waals surface area contributed by atoms with Gasteiger partial charge in [0, 0.05) is 13.2 Å². The van der Waals surface area contributed by atoms with Crippen LogP contribution in [0.2, 0.25) is 10.0 Å². The van der Waals surface area contributed by atoms with Crippen molar-refractivity contribution in [3.63, 3.8) is 0 Å². The summed E-state index contributed by atoms with van der Waals surface area (Å²) in [5.74, 6) is -0.254. The lowest BCUT2D eigenvalue weighted by Crippen LogP contribution is -2.32. The Balaban J connectivity index is 1.99. The van der Waals surface area contributed by atoms with Crippen molar-refractivity contribution in [3.8, 4) is 0 Å². The molecule has 1 aromatic carbocycles. The van der Waals surface area contributed by atoms with Gasteiger partial charge in [-0.3, -0.25) is 4.79 Å². The number of rotatable bonds is 3. The van der Waals surface area contributed by atoms with Crippen molar-refractivity contribution in [2.45, 2.75) is 18.9 Å². The van der Waals surface area contributed by atoms with E-state index in [1.165, 1.54) is 0 Å². The van der Waals surface area contributed by atoms with Crippen LogP contribution in [0.5, 0.6) is 0 Å². The zero-order valence-corrected chi connectivity index (χ0v) is 10.7. The zero-order valence-electron chi connectivity index (χ0n) is 9.21. The van der Waals surface area contributed by atoms with Gasteiger partial charge in [-0.25, -0.2) is 0 Å². The first kappa shape index (κ1) is 12.7. The van der Waals surface area contributed by atoms with Crippen molar-refractivity contribution in [3.05, 3.63) is 33.8 Å². The molecule has 1 saturated heterocycles. The molecular weight excluding hydrogens is 261 g/mol. The van der Waals surface area contributed by atoms with E-state index in [2.05, 4.69) is 5.32 Å². The molecule has 1 aliphatic heterocycles. The fourth-order valence-electron chi connectivity index (χ4n) is 1.81. The Kier molecular flexibility index (Phi) is 4.26. The Bertz CT molecular complexity index is 397. The summed E-state index contributed by atoms with van der Waals surface area (Å²) in [4.78, 5) is 11.9. The third-order valence-electron chi connectivity index (χ3n) is 2.70. The number of amides is 1. The van der Waals surface area contributed by atoms with Crippen molar-refractivity contribution in [1.29, 1.82) is 0 Å². The fraction of sp³-hybridized carbons (Fsp3) is 0.417. The van der Waals surface area contributed by atoms with Crippen molar-refractivity contribution < 1.29 is 9.53 Å². The molecule has 0 aromatic heterocycles. The van der Waals surface area contributed by atoms with Crippen LogP contribution >= 0.6 is 23.2 Å². The maximum absolute atomic E-state index is 11.9. The lowest BCUT2D eigenvalue weighted by Gasteiger charge is -2.12. The van der Waals surface area contributed by atoms with E-state index in [0.717, 1.165) is 19.4 Å². The van der Waals surface area contributed by atoms with Gasteiger partial charge >= 0.3 is 0 Å². The first-order valence-corrected chi connectivity index (χ1v) is 6.28. The molecule has 17 heavy (non-hydrogen) atoms. The van der Waals surface area contributed by atoms with Gasteiger partial charge in [-0.15, -0.1) is 0 Å². The average molecular weight is 274 g/mol. The molecule has 0 spiro atoms. The number of hydrogen-bond acceptors (Lipinski definition) is 2. The number of carbonyl (C=O) groups is 1. The van der Waals surface area contributed by atoms with Gasteiger partial charge in [-0.1, -0.05) is 29.3 Å². The van der Waals surface area contributed by atoms with E-state index in [1.807, 2.05) is 0 Å². The van der Waals surface area contributed by atoms with Gasteiger partial charge in [0.05, 0.1) is 21.7 Å². The summed E-state index contributed by atoms with van der Waals surface area (Å²) >= 11 is 11.9. The minimum atomic E-state index is -0.254. The smallest absolute Gasteiger partial charge is 0.254 e. The summed E-state index contributed by atoms with van der Waals surface area (Å²) < 4.78 is 5.42. The third-order valence-corrected chi connectivity index (χ3v) is 3.33. The van der Waals surface area contributed by atoms with Crippen LogP contribution in [0.4, 0.5) is 0 Å². The normalized spacial score (nSPS) is 19.3. The number of nitrogens with one attached hydrogen (secondary N) is 1. The van der Waals surface area contributed by atoms with Crippen molar-refractivity contribution in [2.24, 2.45) is 0 Å². The molecule has 5 heteroatoms. The van der Waals surface area contributed by atoms with Gasteiger partial charge in [-0.05, 0) is 25.0 Å². The molecule has 2 rings (SSSR count). The SMILES string of the molecule is O=C(NC[C@H]1CCCO1)c1c(Cl)cccc1Cl. The van der Waals surface area contributed by atoms with E-state index >= 15 is 0 Å². The minimum absolute atomic E-state index is 0.111. The second-order valence-corrected chi connectivity index (χ2v) is 4.76. The number of carbonyl (C=O) groups excluding carboxylic acids is 1. The first-order chi connectivity index (χ1) is 8.18. The maximum atomic E-state index is 11.9. The Morgan fingerprint density at radius 3 is 2.71 bits per heavy atom. The third kappa shape index (κ3) is 3.12. The van der Waals surface area contributed by atoms with Crippen LogP contribution in [0.3, 0.4) is 0 Å². The number of benzene rings is 1. The van der Waals surface area contributed by atoms with Gasteiger partial charge in [0.2, 0.25) is 0 Å². The molecule has 1 fully saturated rings. The standard InChI is InChI=1S/C12H13Cl2NO2/c13-9-4-1-5-10(14)11(9)12(16)15-7-8-3-2-6-17-8/h1,4-5,8H,2-3,6-7H2,(H,15,16)/t8-/m1/s1. The highest BCUT2D eigenvalue weighted by Crippen LogP contribution is 2.24. The highest BCUT2D eigenvalue weighted by Gasteiger charge is 2.19. The molecule has 1 amide bonds. The highest BCUT2D eigenvalue weighted by atomic mass is 35.5. The molecule has 1 aromatic rings. The fourth-order valence-corrected chi connectivity index (χ4v) is 2.38. The predicted molar refractivity (Wildman–Crippen MR) is 67.8 cm³/mol. The molecule has 0 aliphatic carbocycles. The van der Waals surface area contributed by atoms with Crippen LogP contribution in [0.15, 0.2) is 18.2 Å². The van der Waals surface area contributed by atoms with E-state index in [-0.39, 0.29) is 12.0 Å². The van der Waals surface area contributed by atoms with E-state index in [4.69, 9.17) is 27.9 Å². The molecule has 1 aliphatic rings. The van der Waals surface area contributed by atoms with E-state index in [0.29, 0.717) is 22.2 Å². The van der Waals surface area contributed by atoms with E-state index in [1.54, 1.807) is 18.2 Å². The second kappa shape index (κ2) is 5.71. The molecule has 1 heterocycles. The Hall–Kier alpha value is -0.770. The van der Waals surface area contributed by atoms with E-state index < -0.39 is 0 Å². The summed E-state index contributed by atoms with van der Waals surface area (Å²) in [6, 6.07) is 5.00. The molecular formula is C12H13Cl2NO2. The van der Waals surface area contributed by atoms with Gasteiger partial charge in [0.25, 0.3) is 5.91 Å². The van der Waals surface area contributed by atoms with Crippen LogP contribution in [-0.2, 0) is 4.74 Å². The predicted octanol–water partition coefficient (Wildman–Crippen LogP) is 2.90. The van der Waals surface area contributed by atoms with E-state index in [9.17, 15) is 4.79 Å². The average Bonchev–Trinajstić information content (AvgIpc) is 2.79. The maximum Gasteiger partial charge on any atom is 0.254 e. The second-order valence-electron chi connectivity index (χ2n) is 3.94. The van der Waals surface area contributed by atoms with Gasteiger partial charge in [-0.2, -0.15) is 0 Å². The lowest BCUT2D eigenvalue weighted by molar-refractivity contribution is 0.0858. The molecule has 0 unspecified atom stereocenters. The summed E-state index contributed by atoms with van der Waals surface area (Å²) in [5, 5.41) is 3.52. The Morgan fingerprint density at radius 2 is 2.12 bits per heavy atom. The number of halogens is 2. The minimum Gasteiger partial charge on any atom is -0.376 e. The Labute approximate surface area is 110 Å². The van der Waals surface area contributed by atoms with Crippen LogP contribution < -0.4 is 5.32 Å². The van der Waals surface area contributed by atoms with Crippen molar-refractivity contribution >= 4 is 29.1 Å². The molecule has 0 saturated carbocycles. The van der Waals surface area contributed by atoms with Crippen molar-refractivity contribution in [2.75, 3.05) is 13.2 Å². The summed E-state index contributed by atoms with van der Waals surface area (Å²) in [6.07, 6.45) is 2.14. The summed E-state index contributed by atoms with van der Waals surface area (Å²) in [5.41, 5.74) is 0.328. The molecule has 1 atom stereocenters. The summed E-state index contributed by atoms with van der Waals surface area (Å²) in [6.45, 7) is 1.27. The highest BCUT2D eigenvalue weighted by molar-refractivity contribution is 6.39. The van der Waals surface area contributed by atoms with Crippen LogP contribution in [0.1, 0.15) is 23.2 Å². The van der Waals surface area contributed by atoms with Crippen LogP contribution in [-0.4, -0.2) is 25.2 Å². The zero-order chi connectivity index (χ0) is 12.3. The largest absolute Gasteiger partial charge is 0.376 e. The Morgan fingerprint density at radius 1 is 1.41 bits per heavy atom. The molecule has 92 valence electrons. The molecule has 0 radical (unpaired) electrons. The topological polar surface area (TPSA) is 38.3 Å². The van der Waals surface area contributed by atoms with Gasteiger partial charge < -0.3 is 10.1 Å². The quantitative estimate of drug-likeness (QED) is 0.920. The molecule has 1 N–H and O–H groups in total. The van der Waals surface area contributed by atoms with Gasteiger partial charge in [0.15, 0.2) is 0 Å². The number of ether oxygens (including phenoxy) is 1. The molecule has 0 bridgehead atoms. The van der Waals surface area contributed by atoms with Gasteiger partial charge in [0.1, 0.15) is 0 Å². The summed E-state index contributed by atoms with van der Waals surface area (Å²) in [7, 11) is 0. The number of hydrogen-bond donors (Lipinski definition) is 1.